The number of para-hydroxylation sites is 1. The Balaban J connectivity index is 1.90. The molecule has 4 nitrogen and oxygen atoms in total. The predicted octanol–water partition coefficient (Wildman–Crippen LogP) is 4.71. The number of benzene rings is 2. The number of pyridine rings is 1. The van der Waals surface area contributed by atoms with Crippen molar-refractivity contribution in [3.05, 3.63) is 76.9 Å². The molecule has 0 spiro atoms. The van der Waals surface area contributed by atoms with Crippen molar-refractivity contribution >= 4 is 34.3 Å². The number of rotatable bonds is 5. The Morgan fingerprint density at radius 3 is 2.48 bits per heavy atom. The van der Waals surface area contributed by atoms with Gasteiger partial charge in [0.2, 0.25) is 5.78 Å². The van der Waals surface area contributed by atoms with Crippen LogP contribution in [0.15, 0.2) is 60.7 Å². The third kappa shape index (κ3) is 3.69. The number of carbonyl (C=O) groups is 2. The fraction of sp³-hybridized carbons (Fsp3) is 0.150. The maximum Gasteiger partial charge on any atom is 0.339 e. The molecule has 3 aromatic rings. The maximum absolute atomic E-state index is 12.7. The molecule has 1 atom stereocenters. The van der Waals surface area contributed by atoms with Crippen LogP contribution in [-0.4, -0.2) is 22.8 Å². The molecule has 0 radical (unpaired) electrons. The highest BCUT2D eigenvalue weighted by Crippen LogP contribution is 2.22. The van der Waals surface area contributed by atoms with Crippen molar-refractivity contribution in [3.63, 3.8) is 0 Å². The van der Waals surface area contributed by atoms with Gasteiger partial charge in [-0.3, -0.25) is 4.79 Å². The Morgan fingerprint density at radius 2 is 1.76 bits per heavy atom. The number of esters is 1. The lowest BCUT2D eigenvalue weighted by Gasteiger charge is -2.16. The van der Waals surface area contributed by atoms with Crippen molar-refractivity contribution in [2.75, 3.05) is 0 Å². The second kappa shape index (κ2) is 7.45. The normalized spacial score (nSPS) is 11.9. The van der Waals surface area contributed by atoms with Crippen molar-refractivity contribution < 1.29 is 14.3 Å². The molecule has 0 aliphatic rings. The van der Waals surface area contributed by atoms with Gasteiger partial charge in [-0.1, -0.05) is 67.1 Å². The Labute approximate surface area is 150 Å². The largest absolute Gasteiger partial charge is 0.450 e. The van der Waals surface area contributed by atoms with Gasteiger partial charge in [-0.15, -0.1) is 0 Å². The van der Waals surface area contributed by atoms with E-state index in [1.165, 1.54) is 6.07 Å². The fourth-order valence-electron chi connectivity index (χ4n) is 2.62. The van der Waals surface area contributed by atoms with Crippen molar-refractivity contribution in [2.45, 2.75) is 19.4 Å². The monoisotopic (exact) mass is 353 g/mol. The molecule has 0 aliphatic carbocycles. The van der Waals surface area contributed by atoms with E-state index < -0.39 is 12.1 Å². The molecule has 2 aromatic carbocycles. The molecule has 0 bridgehead atoms. The average Bonchev–Trinajstić information content (AvgIpc) is 2.65. The SMILES string of the molecule is CC[C@@H](OC(=O)c1cc(Cl)nc2ccccc12)C(=O)c1ccccc1. The number of ether oxygens (including phenoxy) is 1. The molecule has 0 amide bonds. The molecule has 3 rings (SSSR count). The highest BCUT2D eigenvalue weighted by atomic mass is 35.5. The van der Waals surface area contributed by atoms with Crippen LogP contribution in [-0.2, 0) is 4.74 Å². The molecule has 0 aliphatic heterocycles. The average molecular weight is 354 g/mol. The summed E-state index contributed by atoms with van der Waals surface area (Å²) < 4.78 is 5.49. The maximum atomic E-state index is 12.7. The number of ketones is 1. The summed E-state index contributed by atoms with van der Waals surface area (Å²) in [7, 11) is 0. The first-order valence-corrected chi connectivity index (χ1v) is 8.33. The van der Waals surface area contributed by atoms with Gasteiger partial charge in [0.1, 0.15) is 5.15 Å². The fourth-order valence-corrected chi connectivity index (χ4v) is 2.82. The van der Waals surface area contributed by atoms with Crippen molar-refractivity contribution in [1.29, 1.82) is 0 Å². The van der Waals surface area contributed by atoms with Crippen molar-refractivity contribution in [1.82, 2.24) is 4.98 Å². The highest BCUT2D eigenvalue weighted by Gasteiger charge is 2.24. The van der Waals surface area contributed by atoms with Gasteiger partial charge in [0, 0.05) is 10.9 Å². The summed E-state index contributed by atoms with van der Waals surface area (Å²) in [4.78, 5) is 29.4. The lowest BCUT2D eigenvalue weighted by Crippen LogP contribution is -2.27. The van der Waals surface area contributed by atoms with E-state index in [4.69, 9.17) is 16.3 Å². The third-order valence-corrected chi connectivity index (χ3v) is 4.07. The van der Waals surface area contributed by atoms with Crippen LogP contribution in [0.25, 0.3) is 10.9 Å². The van der Waals surface area contributed by atoms with Crippen molar-refractivity contribution in [2.24, 2.45) is 0 Å². The van der Waals surface area contributed by atoms with Crippen LogP contribution in [0.5, 0.6) is 0 Å². The molecule has 0 unspecified atom stereocenters. The smallest absolute Gasteiger partial charge is 0.339 e. The van der Waals surface area contributed by atoms with E-state index in [0.29, 0.717) is 28.5 Å². The van der Waals surface area contributed by atoms with Gasteiger partial charge in [-0.2, -0.15) is 0 Å². The first-order chi connectivity index (χ1) is 12.1. The third-order valence-electron chi connectivity index (χ3n) is 3.88. The van der Waals surface area contributed by atoms with Crippen LogP contribution in [0.2, 0.25) is 5.15 Å². The number of hydrogen-bond donors (Lipinski definition) is 0. The van der Waals surface area contributed by atoms with Crippen LogP contribution in [0.4, 0.5) is 0 Å². The zero-order valence-electron chi connectivity index (χ0n) is 13.6. The van der Waals surface area contributed by atoms with Gasteiger partial charge in [-0.05, 0) is 18.6 Å². The highest BCUT2D eigenvalue weighted by molar-refractivity contribution is 6.30. The van der Waals surface area contributed by atoms with Crippen LogP contribution in [0.3, 0.4) is 0 Å². The first-order valence-electron chi connectivity index (χ1n) is 7.95. The predicted molar refractivity (Wildman–Crippen MR) is 97.0 cm³/mol. The summed E-state index contributed by atoms with van der Waals surface area (Å²) >= 11 is 6.01. The molecule has 5 heteroatoms. The number of halogens is 1. The molecule has 126 valence electrons. The number of hydrogen-bond acceptors (Lipinski definition) is 4. The molecular formula is C20H16ClNO3. The van der Waals surface area contributed by atoms with Gasteiger partial charge in [-0.25, -0.2) is 9.78 Å². The Morgan fingerprint density at radius 1 is 1.08 bits per heavy atom. The summed E-state index contributed by atoms with van der Waals surface area (Å²) in [6.45, 7) is 1.80. The Bertz CT molecular complexity index is 925. The van der Waals surface area contributed by atoms with Gasteiger partial charge < -0.3 is 4.74 Å². The Kier molecular flexibility index (Phi) is 5.10. The first kappa shape index (κ1) is 17.1. The van der Waals surface area contributed by atoms with E-state index in [-0.39, 0.29) is 10.9 Å². The number of Topliss-reactive ketones (excluding diaryl/α,β-unsaturated/α-hetero) is 1. The minimum atomic E-state index is -0.847. The van der Waals surface area contributed by atoms with E-state index in [1.54, 1.807) is 49.4 Å². The summed E-state index contributed by atoms with van der Waals surface area (Å²) in [6.07, 6.45) is -0.462. The van der Waals surface area contributed by atoms with Gasteiger partial charge >= 0.3 is 5.97 Å². The second-order valence-electron chi connectivity index (χ2n) is 5.54. The molecule has 1 aromatic heterocycles. The summed E-state index contributed by atoms with van der Waals surface area (Å²) in [5, 5.41) is 0.840. The lowest BCUT2D eigenvalue weighted by molar-refractivity contribution is 0.0279. The minimum Gasteiger partial charge on any atom is -0.450 e. The van der Waals surface area contributed by atoms with Crippen LogP contribution >= 0.6 is 11.6 Å². The van der Waals surface area contributed by atoms with E-state index in [1.807, 2.05) is 12.1 Å². The lowest BCUT2D eigenvalue weighted by atomic mass is 10.0. The standard InChI is InChI=1S/C20H16ClNO3/c1-2-17(19(23)13-8-4-3-5-9-13)25-20(24)15-12-18(21)22-16-11-7-6-10-14(15)16/h3-12,17H,2H2,1H3/t17-/m1/s1. The molecule has 0 N–H and O–H groups in total. The molecule has 25 heavy (non-hydrogen) atoms. The molecular weight excluding hydrogens is 338 g/mol. The summed E-state index contributed by atoms with van der Waals surface area (Å²) in [6, 6.07) is 17.4. The quantitative estimate of drug-likeness (QED) is 0.379. The molecule has 0 saturated heterocycles. The number of carbonyl (C=O) groups excluding carboxylic acids is 2. The van der Waals surface area contributed by atoms with Gasteiger partial charge in [0.15, 0.2) is 6.10 Å². The van der Waals surface area contributed by atoms with E-state index in [0.717, 1.165) is 0 Å². The van der Waals surface area contributed by atoms with Crippen LogP contribution in [0.1, 0.15) is 34.1 Å². The van der Waals surface area contributed by atoms with Gasteiger partial charge in [0.05, 0.1) is 11.1 Å². The van der Waals surface area contributed by atoms with Crippen molar-refractivity contribution in [3.8, 4) is 0 Å². The summed E-state index contributed by atoms with van der Waals surface area (Å²) in [5.41, 5.74) is 1.42. The zero-order valence-corrected chi connectivity index (χ0v) is 14.4. The van der Waals surface area contributed by atoms with Gasteiger partial charge in [0.25, 0.3) is 0 Å². The summed E-state index contributed by atoms with van der Waals surface area (Å²) in [5.74, 6) is -0.808. The minimum absolute atomic E-state index is 0.202. The number of nitrogens with zero attached hydrogens (tertiary/aromatic N) is 1. The van der Waals surface area contributed by atoms with E-state index in [9.17, 15) is 9.59 Å². The molecule has 0 fully saturated rings. The molecule has 1 heterocycles. The van der Waals surface area contributed by atoms with Crippen LogP contribution < -0.4 is 0 Å². The number of aromatic nitrogens is 1. The number of fused-ring (bicyclic) bond motifs is 1. The van der Waals surface area contributed by atoms with E-state index >= 15 is 0 Å². The second-order valence-corrected chi connectivity index (χ2v) is 5.93. The Hall–Kier alpha value is -2.72. The topological polar surface area (TPSA) is 56.3 Å². The molecule has 0 saturated carbocycles. The van der Waals surface area contributed by atoms with E-state index in [2.05, 4.69) is 4.98 Å². The zero-order chi connectivity index (χ0) is 17.8. The van der Waals surface area contributed by atoms with Crippen LogP contribution in [0, 0.1) is 0 Å².